The molecule has 1 saturated heterocycles. The fourth-order valence-electron chi connectivity index (χ4n) is 4.65. The molecule has 166 valence electrons. The van der Waals surface area contributed by atoms with Crippen LogP contribution in [-0.4, -0.2) is 48.7 Å². The molecule has 0 unspecified atom stereocenters. The van der Waals surface area contributed by atoms with Gasteiger partial charge in [0.2, 0.25) is 12.2 Å². The van der Waals surface area contributed by atoms with Crippen molar-refractivity contribution in [3.8, 4) is 0 Å². The van der Waals surface area contributed by atoms with Gasteiger partial charge in [-0.05, 0) is 24.6 Å². The number of carboxylic acids is 1. The summed E-state index contributed by atoms with van der Waals surface area (Å²) in [5.74, 6) is -2.19. The number of hydrogen-bond acceptors (Lipinski definition) is 6. The third-order valence-electron chi connectivity index (χ3n) is 6.13. The van der Waals surface area contributed by atoms with E-state index in [1.54, 1.807) is 6.92 Å². The van der Waals surface area contributed by atoms with E-state index in [1.807, 2.05) is 43.3 Å². The first kappa shape index (κ1) is 21.2. The summed E-state index contributed by atoms with van der Waals surface area (Å²) < 4.78 is 5.87. The number of amides is 1. The topological polar surface area (TPSA) is 99.5 Å². The van der Waals surface area contributed by atoms with Crippen molar-refractivity contribution in [3.63, 3.8) is 0 Å². The molecule has 0 aliphatic carbocycles. The van der Waals surface area contributed by atoms with Crippen molar-refractivity contribution in [2.45, 2.75) is 36.9 Å². The van der Waals surface area contributed by atoms with Crippen molar-refractivity contribution in [2.24, 2.45) is 18.9 Å². The van der Waals surface area contributed by atoms with Crippen molar-refractivity contribution >= 4 is 45.2 Å². The molecule has 0 saturated carbocycles. The number of thioether (sulfide) groups is 1. The number of imidazole rings is 1. The second-order valence-corrected chi connectivity index (χ2v) is 10.7. The lowest BCUT2D eigenvalue weighted by Crippen LogP contribution is -2.63. The average Bonchev–Trinajstić information content (AvgIpc) is 3.37. The number of benzene rings is 1. The number of aryl methyl sites for hydroxylation is 1. The molecule has 4 heterocycles. The predicted molar refractivity (Wildman–Crippen MR) is 120 cm³/mol. The quantitative estimate of drug-likeness (QED) is 0.423. The number of carbonyl (C=O) groups is 2. The number of hydrogen-bond donors (Lipinski definition) is 2. The lowest BCUT2D eigenvalue weighted by atomic mass is 9.79. The highest BCUT2D eigenvalue weighted by molar-refractivity contribution is 8.04. The Morgan fingerprint density at radius 2 is 2.19 bits per heavy atom. The highest BCUT2D eigenvalue weighted by atomic mass is 32.2. The van der Waals surface area contributed by atoms with Gasteiger partial charge in [0, 0.05) is 10.8 Å². The minimum atomic E-state index is -1.12. The van der Waals surface area contributed by atoms with E-state index in [9.17, 15) is 19.8 Å². The van der Waals surface area contributed by atoms with E-state index in [1.165, 1.54) is 28.0 Å². The van der Waals surface area contributed by atoms with Crippen LogP contribution >= 0.6 is 23.1 Å². The Balaban J connectivity index is 1.43. The van der Waals surface area contributed by atoms with Crippen LogP contribution in [0, 0.1) is 11.8 Å². The van der Waals surface area contributed by atoms with Crippen LogP contribution in [0.1, 0.15) is 19.4 Å². The van der Waals surface area contributed by atoms with E-state index in [0.29, 0.717) is 4.91 Å². The SMILES string of the molecule is C[C@@H](O)[C@H]1C(=O)N2C(C(=O)O)=C(Sc3nc4ccc(Cn5cc[n+](C)c5)cc4s3)[C@H](C)[C@H]12. The summed E-state index contributed by atoms with van der Waals surface area (Å²) in [6.45, 7) is 4.25. The molecule has 32 heavy (non-hydrogen) atoms. The molecule has 2 aliphatic rings. The van der Waals surface area contributed by atoms with Crippen LogP contribution in [0.5, 0.6) is 0 Å². The standard InChI is InChI=1S/C22H22N4O4S2/c1-11-17-16(12(2)27)20(28)26(17)18(21(29)30)19(11)32-22-23-14-5-4-13(8-15(14)31-22)9-25-7-6-24(3)10-25/h4-8,10-12,16-17,27H,9H2,1-3H3/p+1/t11-,12-,16-,17-/m1/s1. The molecule has 0 spiro atoms. The minimum absolute atomic E-state index is 0.0230. The maximum atomic E-state index is 12.5. The lowest BCUT2D eigenvalue weighted by molar-refractivity contribution is -0.671. The fourth-order valence-corrected chi connectivity index (χ4v) is 7.05. The van der Waals surface area contributed by atoms with Crippen LogP contribution in [0.25, 0.3) is 10.2 Å². The van der Waals surface area contributed by atoms with E-state index in [4.69, 9.17) is 4.98 Å². The number of thiazole rings is 1. The molecule has 2 N–H and O–H groups in total. The molecule has 1 aromatic carbocycles. The zero-order valence-corrected chi connectivity index (χ0v) is 19.4. The zero-order chi connectivity index (χ0) is 22.7. The van der Waals surface area contributed by atoms with Crippen molar-refractivity contribution < 1.29 is 24.4 Å². The van der Waals surface area contributed by atoms with Crippen molar-refractivity contribution in [1.82, 2.24) is 14.5 Å². The fraction of sp³-hybridized carbons (Fsp3) is 0.364. The molecule has 10 heteroatoms. The number of carbonyl (C=O) groups excluding carboxylic acids is 1. The predicted octanol–water partition coefficient (Wildman–Crippen LogP) is 2.22. The van der Waals surface area contributed by atoms with E-state index in [0.717, 1.165) is 26.7 Å². The molecular weight excluding hydrogens is 448 g/mol. The van der Waals surface area contributed by atoms with Crippen LogP contribution in [0.3, 0.4) is 0 Å². The summed E-state index contributed by atoms with van der Waals surface area (Å²) in [7, 11) is 1.98. The van der Waals surface area contributed by atoms with E-state index >= 15 is 0 Å². The number of rotatable bonds is 6. The number of nitrogens with zero attached hydrogens (tertiary/aromatic N) is 4. The number of β-lactam (4-membered cyclic amide) rings is 1. The first-order chi connectivity index (χ1) is 15.2. The second kappa shape index (κ2) is 7.72. The number of aromatic nitrogens is 3. The molecule has 3 aromatic rings. The Kier molecular flexibility index (Phi) is 5.11. The highest BCUT2D eigenvalue weighted by Crippen LogP contribution is 2.52. The molecular formula is C22H23N4O4S2+. The van der Waals surface area contributed by atoms with Gasteiger partial charge in [0.15, 0.2) is 4.34 Å². The summed E-state index contributed by atoms with van der Waals surface area (Å²) in [6.07, 6.45) is 5.22. The van der Waals surface area contributed by atoms with Gasteiger partial charge in [-0.2, -0.15) is 0 Å². The highest BCUT2D eigenvalue weighted by Gasteiger charge is 2.60. The largest absolute Gasteiger partial charge is 0.477 e. The first-order valence-corrected chi connectivity index (χ1v) is 11.9. The van der Waals surface area contributed by atoms with Gasteiger partial charge in [-0.1, -0.05) is 24.8 Å². The summed E-state index contributed by atoms with van der Waals surface area (Å²) in [6, 6.07) is 5.83. The third kappa shape index (κ3) is 3.33. The van der Waals surface area contributed by atoms with Gasteiger partial charge in [0.25, 0.3) is 0 Å². The zero-order valence-electron chi connectivity index (χ0n) is 17.8. The van der Waals surface area contributed by atoms with Gasteiger partial charge in [-0.25, -0.2) is 18.9 Å². The van der Waals surface area contributed by atoms with Crippen LogP contribution in [0.2, 0.25) is 0 Å². The molecule has 0 bridgehead atoms. The molecule has 1 fully saturated rings. The Morgan fingerprint density at radius 3 is 2.84 bits per heavy atom. The van der Waals surface area contributed by atoms with Crippen LogP contribution in [0.4, 0.5) is 0 Å². The van der Waals surface area contributed by atoms with Crippen molar-refractivity contribution in [1.29, 1.82) is 0 Å². The van der Waals surface area contributed by atoms with Crippen molar-refractivity contribution in [3.05, 3.63) is 53.1 Å². The smallest absolute Gasteiger partial charge is 0.353 e. The summed E-state index contributed by atoms with van der Waals surface area (Å²) in [4.78, 5) is 31.2. The minimum Gasteiger partial charge on any atom is -0.477 e. The molecule has 4 atom stereocenters. The number of aliphatic hydroxyl groups excluding tert-OH is 1. The number of fused-ring (bicyclic) bond motifs is 2. The van der Waals surface area contributed by atoms with Gasteiger partial charge in [-0.3, -0.25) is 4.79 Å². The Labute approximate surface area is 192 Å². The van der Waals surface area contributed by atoms with Gasteiger partial charge >= 0.3 is 5.97 Å². The summed E-state index contributed by atoms with van der Waals surface area (Å²) in [5, 5.41) is 19.8. The molecule has 2 aromatic heterocycles. The van der Waals surface area contributed by atoms with Crippen LogP contribution < -0.4 is 4.57 Å². The van der Waals surface area contributed by atoms with Gasteiger partial charge in [0.05, 0.1) is 35.3 Å². The Hall–Kier alpha value is -2.69. The van der Waals surface area contributed by atoms with Crippen LogP contribution in [0.15, 0.2) is 51.9 Å². The lowest BCUT2D eigenvalue weighted by Gasteiger charge is -2.46. The number of carboxylic acid groups (broad SMARTS) is 1. The van der Waals surface area contributed by atoms with Crippen LogP contribution in [-0.2, 0) is 23.2 Å². The third-order valence-corrected chi connectivity index (χ3v) is 8.49. The van der Waals surface area contributed by atoms with E-state index in [2.05, 4.69) is 16.7 Å². The summed E-state index contributed by atoms with van der Waals surface area (Å²) in [5.41, 5.74) is 2.04. The average molecular weight is 472 g/mol. The molecule has 2 aliphatic heterocycles. The Bertz CT molecular complexity index is 1280. The molecule has 0 radical (unpaired) electrons. The van der Waals surface area contributed by atoms with Crippen molar-refractivity contribution in [2.75, 3.05) is 0 Å². The van der Waals surface area contributed by atoms with Gasteiger partial charge in [0.1, 0.15) is 24.6 Å². The normalized spacial score (nSPS) is 23.6. The molecule has 1 amide bonds. The van der Waals surface area contributed by atoms with E-state index in [-0.39, 0.29) is 23.6 Å². The first-order valence-electron chi connectivity index (χ1n) is 10.3. The number of aliphatic carboxylic acids is 1. The monoisotopic (exact) mass is 471 g/mol. The second-order valence-electron chi connectivity index (χ2n) is 8.41. The van der Waals surface area contributed by atoms with E-state index < -0.39 is 18.0 Å². The maximum Gasteiger partial charge on any atom is 0.353 e. The summed E-state index contributed by atoms with van der Waals surface area (Å²) >= 11 is 2.84. The van der Waals surface area contributed by atoms with Gasteiger partial charge < -0.3 is 15.1 Å². The van der Waals surface area contributed by atoms with Gasteiger partial charge in [-0.15, -0.1) is 11.3 Å². The maximum absolute atomic E-state index is 12.5. The molecule has 5 rings (SSSR count). The molecule has 8 nitrogen and oxygen atoms in total. The Morgan fingerprint density at radius 1 is 1.41 bits per heavy atom. The number of aliphatic hydroxyl groups is 1.